The van der Waals surface area contributed by atoms with Gasteiger partial charge in [-0.3, -0.25) is 9.59 Å². The molecule has 2 amide bonds. The van der Waals surface area contributed by atoms with E-state index in [1.165, 1.54) is 28.4 Å². The summed E-state index contributed by atoms with van der Waals surface area (Å²) in [7, 11) is 1.55. The summed E-state index contributed by atoms with van der Waals surface area (Å²) in [6.45, 7) is 1.88. The summed E-state index contributed by atoms with van der Waals surface area (Å²) in [4.78, 5) is 30.3. The summed E-state index contributed by atoms with van der Waals surface area (Å²) >= 11 is 1.30. The van der Waals surface area contributed by atoms with Gasteiger partial charge in [-0.15, -0.1) is 11.3 Å². The van der Waals surface area contributed by atoms with Crippen LogP contribution in [0.25, 0.3) is 10.6 Å². The molecule has 5 nitrogen and oxygen atoms in total. The van der Waals surface area contributed by atoms with E-state index >= 15 is 0 Å². The molecule has 3 rings (SSSR count). The number of hydrogen-bond donors (Lipinski definition) is 1. The fourth-order valence-corrected chi connectivity index (χ4v) is 3.22. The van der Waals surface area contributed by atoms with E-state index in [0.29, 0.717) is 10.7 Å². The third kappa shape index (κ3) is 4.77. The Labute approximate surface area is 160 Å². The van der Waals surface area contributed by atoms with Crippen LogP contribution >= 0.6 is 11.3 Å². The van der Waals surface area contributed by atoms with Crippen LogP contribution in [-0.2, 0) is 4.79 Å². The molecule has 2 aromatic carbocycles. The number of carbonyl (C=O) groups excluding carboxylic acids is 2. The van der Waals surface area contributed by atoms with Gasteiger partial charge >= 0.3 is 0 Å². The van der Waals surface area contributed by atoms with E-state index < -0.39 is 0 Å². The molecule has 138 valence electrons. The third-order valence-corrected chi connectivity index (χ3v) is 4.77. The molecule has 1 N–H and O–H groups in total. The van der Waals surface area contributed by atoms with Gasteiger partial charge in [0, 0.05) is 23.7 Å². The predicted octanol–water partition coefficient (Wildman–Crippen LogP) is 3.97. The maximum absolute atomic E-state index is 13.0. The van der Waals surface area contributed by atoms with Crippen molar-refractivity contribution in [3.63, 3.8) is 0 Å². The number of aromatic nitrogens is 1. The minimum absolute atomic E-state index is 0.0872. The molecule has 0 atom stereocenters. The van der Waals surface area contributed by atoms with Gasteiger partial charge in [-0.2, -0.15) is 0 Å². The highest BCUT2D eigenvalue weighted by Crippen LogP contribution is 2.24. The Kier molecular flexibility index (Phi) is 5.61. The molecular weight excluding hydrogens is 365 g/mol. The first-order valence-corrected chi connectivity index (χ1v) is 9.14. The number of anilines is 1. The number of benzene rings is 2. The van der Waals surface area contributed by atoms with Crippen molar-refractivity contribution in [2.75, 3.05) is 18.9 Å². The average Bonchev–Trinajstić information content (AvgIpc) is 3.13. The number of rotatable bonds is 5. The summed E-state index contributed by atoms with van der Waals surface area (Å²) in [6.07, 6.45) is 0. The molecule has 0 bridgehead atoms. The summed E-state index contributed by atoms with van der Waals surface area (Å²) < 4.78 is 13.0. The minimum atomic E-state index is -0.348. The first-order chi connectivity index (χ1) is 12.9. The normalized spacial score (nSPS) is 10.5. The van der Waals surface area contributed by atoms with Crippen molar-refractivity contribution >= 4 is 28.8 Å². The summed E-state index contributed by atoms with van der Waals surface area (Å²) in [5.41, 5.74) is 2.77. The number of carbonyl (C=O) groups is 2. The molecule has 1 aromatic heterocycles. The first-order valence-electron chi connectivity index (χ1n) is 8.26. The molecule has 3 aromatic rings. The maximum Gasteiger partial charge on any atom is 0.273 e. The number of likely N-dealkylation sites (N-methyl/N-ethyl adjacent to an activating group) is 1. The van der Waals surface area contributed by atoms with Crippen LogP contribution in [-0.4, -0.2) is 35.3 Å². The fourth-order valence-electron chi connectivity index (χ4n) is 2.42. The second-order valence-electron chi connectivity index (χ2n) is 6.12. The second kappa shape index (κ2) is 8.09. The lowest BCUT2D eigenvalue weighted by Crippen LogP contribution is -2.35. The van der Waals surface area contributed by atoms with Gasteiger partial charge < -0.3 is 10.2 Å². The van der Waals surface area contributed by atoms with Gasteiger partial charge in [0.25, 0.3) is 5.91 Å². The van der Waals surface area contributed by atoms with Crippen LogP contribution in [0.3, 0.4) is 0 Å². The van der Waals surface area contributed by atoms with Crippen LogP contribution in [0.1, 0.15) is 16.1 Å². The second-order valence-corrected chi connectivity index (χ2v) is 6.98. The topological polar surface area (TPSA) is 62.3 Å². The van der Waals surface area contributed by atoms with Crippen LogP contribution in [0.2, 0.25) is 0 Å². The van der Waals surface area contributed by atoms with E-state index in [-0.39, 0.29) is 29.9 Å². The number of hydrogen-bond acceptors (Lipinski definition) is 4. The third-order valence-electron chi connectivity index (χ3n) is 3.88. The molecule has 0 saturated heterocycles. The Morgan fingerprint density at radius 2 is 1.78 bits per heavy atom. The lowest BCUT2D eigenvalue weighted by molar-refractivity contribution is -0.116. The summed E-state index contributed by atoms with van der Waals surface area (Å²) in [6, 6.07) is 13.3. The van der Waals surface area contributed by atoms with Gasteiger partial charge in [-0.05, 0) is 43.3 Å². The first kappa shape index (κ1) is 18.7. The lowest BCUT2D eigenvalue weighted by atomic mass is 10.2. The lowest BCUT2D eigenvalue weighted by Gasteiger charge is -2.15. The molecule has 7 heteroatoms. The number of thiazole rings is 1. The Hall–Kier alpha value is -3.06. The van der Waals surface area contributed by atoms with Gasteiger partial charge in [0.15, 0.2) is 0 Å². The Morgan fingerprint density at radius 3 is 2.44 bits per heavy atom. The zero-order valence-corrected chi connectivity index (χ0v) is 15.7. The molecule has 0 saturated carbocycles. The van der Waals surface area contributed by atoms with Crippen molar-refractivity contribution in [3.05, 3.63) is 71.0 Å². The molecule has 27 heavy (non-hydrogen) atoms. The number of nitrogens with one attached hydrogen (secondary N) is 1. The summed E-state index contributed by atoms with van der Waals surface area (Å²) in [5, 5.41) is 5.01. The maximum atomic E-state index is 13.0. The zero-order chi connectivity index (χ0) is 19.4. The van der Waals surface area contributed by atoms with Crippen LogP contribution in [0, 0.1) is 12.7 Å². The molecule has 0 spiro atoms. The van der Waals surface area contributed by atoms with E-state index in [2.05, 4.69) is 10.3 Å². The van der Waals surface area contributed by atoms with Crippen molar-refractivity contribution in [2.24, 2.45) is 0 Å². The molecule has 0 radical (unpaired) electrons. The molecule has 0 fully saturated rings. The molecule has 0 aliphatic heterocycles. The van der Waals surface area contributed by atoms with Crippen molar-refractivity contribution < 1.29 is 14.0 Å². The van der Waals surface area contributed by atoms with E-state index in [4.69, 9.17) is 0 Å². The van der Waals surface area contributed by atoms with Crippen molar-refractivity contribution in [1.29, 1.82) is 0 Å². The van der Waals surface area contributed by atoms with Crippen molar-refractivity contribution in [2.45, 2.75) is 6.92 Å². The standard InChI is InChI=1S/C20H18FN3O2S/c1-13-3-9-16(10-4-13)22-18(25)11-24(2)20(26)17-12-27-19(23-17)14-5-7-15(21)8-6-14/h3-10,12H,11H2,1-2H3,(H,22,25). The number of nitrogens with zero attached hydrogens (tertiary/aromatic N) is 2. The van der Waals surface area contributed by atoms with E-state index in [9.17, 15) is 14.0 Å². The quantitative estimate of drug-likeness (QED) is 0.725. The van der Waals surface area contributed by atoms with Crippen LogP contribution in [0.4, 0.5) is 10.1 Å². The summed E-state index contributed by atoms with van der Waals surface area (Å²) in [5.74, 6) is -0.965. The zero-order valence-electron chi connectivity index (χ0n) is 14.9. The largest absolute Gasteiger partial charge is 0.331 e. The number of halogens is 1. The van der Waals surface area contributed by atoms with Gasteiger partial charge in [0.1, 0.15) is 16.5 Å². The highest BCUT2D eigenvalue weighted by molar-refractivity contribution is 7.13. The molecule has 0 unspecified atom stereocenters. The highest BCUT2D eigenvalue weighted by Gasteiger charge is 2.18. The highest BCUT2D eigenvalue weighted by atomic mass is 32.1. The minimum Gasteiger partial charge on any atom is -0.331 e. The smallest absolute Gasteiger partial charge is 0.273 e. The molecule has 1 heterocycles. The molecule has 0 aliphatic carbocycles. The van der Waals surface area contributed by atoms with Crippen LogP contribution in [0.15, 0.2) is 53.9 Å². The van der Waals surface area contributed by atoms with E-state index in [1.54, 1.807) is 24.6 Å². The monoisotopic (exact) mass is 383 g/mol. The van der Waals surface area contributed by atoms with Gasteiger partial charge in [-0.1, -0.05) is 17.7 Å². The molecular formula is C20H18FN3O2S. The van der Waals surface area contributed by atoms with Gasteiger partial charge in [-0.25, -0.2) is 9.37 Å². The predicted molar refractivity (Wildman–Crippen MR) is 104 cm³/mol. The Morgan fingerprint density at radius 1 is 1.11 bits per heavy atom. The van der Waals surface area contributed by atoms with Gasteiger partial charge in [0.2, 0.25) is 5.91 Å². The van der Waals surface area contributed by atoms with E-state index in [1.807, 2.05) is 31.2 Å². The Bertz CT molecular complexity index is 952. The fraction of sp³-hybridized carbons (Fsp3) is 0.150. The molecule has 0 aliphatic rings. The van der Waals surface area contributed by atoms with Crippen LogP contribution < -0.4 is 5.32 Å². The van der Waals surface area contributed by atoms with E-state index in [0.717, 1.165) is 11.1 Å². The van der Waals surface area contributed by atoms with Crippen molar-refractivity contribution in [1.82, 2.24) is 9.88 Å². The van der Waals surface area contributed by atoms with Gasteiger partial charge in [0.05, 0.1) is 6.54 Å². The number of amides is 2. The Balaban J connectivity index is 1.62. The SMILES string of the molecule is Cc1ccc(NC(=O)CN(C)C(=O)c2csc(-c3ccc(F)cc3)n2)cc1. The average molecular weight is 383 g/mol. The van der Waals surface area contributed by atoms with Crippen molar-refractivity contribution in [3.8, 4) is 10.6 Å². The number of aryl methyl sites for hydroxylation is 1. The van der Waals surface area contributed by atoms with Crippen LogP contribution in [0.5, 0.6) is 0 Å².